The lowest BCUT2D eigenvalue weighted by Gasteiger charge is -2.53. The van der Waals surface area contributed by atoms with Crippen molar-refractivity contribution in [3.8, 4) is 0 Å². The number of anilines is 2. The molecular weight excluding hydrogens is 373 g/mol. The smallest absolute Gasteiger partial charge is 0.254 e. The van der Waals surface area contributed by atoms with Gasteiger partial charge in [-0.1, -0.05) is 6.92 Å². The molecule has 160 valence electrons. The first-order valence-corrected chi connectivity index (χ1v) is 10.7. The lowest BCUT2D eigenvalue weighted by atomic mass is 9.59. The first kappa shape index (κ1) is 20.3. The molecule has 3 atom stereocenters. The van der Waals surface area contributed by atoms with E-state index >= 15 is 0 Å². The minimum atomic E-state index is -1.04. The Kier molecular flexibility index (Phi) is 4.96. The number of nitrogens with one attached hydrogen (secondary N) is 2. The largest absolute Gasteiger partial charge is 0.390 e. The summed E-state index contributed by atoms with van der Waals surface area (Å²) in [6, 6.07) is 0.00861. The molecule has 7 nitrogen and oxygen atoms in total. The number of amides is 1. The van der Waals surface area contributed by atoms with Crippen molar-refractivity contribution in [3.63, 3.8) is 0 Å². The number of halogens is 1. The van der Waals surface area contributed by atoms with Crippen molar-refractivity contribution in [1.29, 1.82) is 0 Å². The van der Waals surface area contributed by atoms with E-state index in [-0.39, 0.29) is 23.1 Å². The van der Waals surface area contributed by atoms with Crippen molar-refractivity contribution in [2.75, 3.05) is 10.6 Å². The Morgan fingerprint density at radius 2 is 2.00 bits per heavy atom. The van der Waals surface area contributed by atoms with Gasteiger partial charge < -0.3 is 21.5 Å². The molecule has 8 heteroatoms. The van der Waals surface area contributed by atoms with Gasteiger partial charge in [0.1, 0.15) is 11.5 Å². The molecule has 5 rings (SSSR count). The van der Waals surface area contributed by atoms with Gasteiger partial charge in [0.15, 0.2) is 0 Å². The third kappa shape index (κ3) is 4.04. The van der Waals surface area contributed by atoms with Crippen molar-refractivity contribution in [3.05, 3.63) is 11.8 Å². The van der Waals surface area contributed by atoms with E-state index in [2.05, 4.69) is 20.6 Å². The summed E-state index contributed by atoms with van der Waals surface area (Å²) in [6.07, 6.45) is 7.96. The molecule has 2 bridgehead atoms. The van der Waals surface area contributed by atoms with Crippen LogP contribution in [0.1, 0.15) is 82.0 Å². The van der Waals surface area contributed by atoms with E-state index in [0.29, 0.717) is 31.0 Å². The summed E-state index contributed by atoms with van der Waals surface area (Å²) in [5.74, 6) is 0.240. The van der Waals surface area contributed by atoms with E-state index in [1.807, 2.05) is 13.8 Å². The van der Waals surface area contributed by atoms with Gasteiger partial charge in [0.2, 0.25) is 5.95 Å². The van der Waals surface area contributed by atoms with Crippen LogP contribution in [0.4, 0.5) is 16.2 Å². The van der Waals surface area contributed by atoms with Gasteiger partial charge in [0.25, 0.3) is 5.91 Å². The number of fused-ring (bicyclic) bond motifs is 3. The number of nitrogens with two attached hydrogens (primary N) is 1. The van der Waals surface area contributed by atoms with Gasteiger partial charge >= 0.3 is 0 Å². The molecule has 0 radical (unpaired) electrons. The van der Waals surface area contributed by atoms with Crippen LogP contribution in [0.25, 0.3) is 0 Å². The molecule has 4 fully saturated rings. The number of primary amides is 1. The van der Waals surface area contributed by atoms with Crippen LogP contribution in [-0.2, 0) is 0 Å². The number of aromatic nitrogens is 2. The summed E-state index contributed by atoms with van der Waals surface area (Å²) in [5, 5.41) is 17.1. The zero-order valence-electron chi connectivity index (χ0n) is 17.3. The zero-order valence-corrected chi connectivity index (χ0v) is 17.3. The van der Waals surface area contributed by atoms with Crippen LogP contribution in [-0.4, -0.2) is 43.8 Å². The highest BCUT2D eigenvalue weighted by Gasteiger charge is 2.53. The number of aliphatic hydroxyl groups is 1. The first-order chi connectivity index (χ1) is 13.6. The number of carbonyl (C=O) groups is 1. The summed E-state index contributed by atoms with van der Waals surface area (Å²) < 4.78 is 14.8. The SMILES string of the molecule is C[C@H]1CC2(Nc3ncc(C(N)=O)c(NC4CCC[C@](C)(O)C4)n3)CCC1(F)CC2. The standard InChI is InChI=1S/C21H32FN5O2/c1-13-10-20(6-8-21(13,22)9-7-20)27-18-24-12-15(16(23)28)17(26-18)25-14-4-3-5-19(2,29)11-14/h12-14,29H,3-11H2,1-2H3,(H2,23,28)(H2,24,25,26,27)/t13-,14?,19-,20?,21?/m0/s1. The van der Waals surface area contributed by atoms with Gasteiger partial charge in [-0.25, -0.2) is 9.37 Å². The number of hydrogen-bond acceptors (Lipinski definition) is 6. The number of rotatable bonds is 5. The van der Waals surface area contributed by atoms with Crippen LogP contribution >= 0.6 is 0 Å². The van der Waals surface area contributed by atoms with E-state index in [0.717, 1.165) is 38.5 Å². The zero-order chi connectivity index (χ0) is 20.9. The van der Waals surface area contributed by atoms with Crippen LogP contribution in [0.15, 0.2) is 6.20 Å². The second kappa shape index (κ2) is 7.07. The van der Waals surface area contributed by atoms with Crippen molar-refractivity contribution < 1.29 is 14.3 Å². The second-order valence-corrected chi connectivity index (χ2v) is 9.80. The molecule has 4 aliphatic rings. The Balaban J connectivity index is 1.55. The third-order valence-corrected chi connectivity index (χ3v) is 7.34. The molecule has 1 aromatic heterocycles. The maximum atomic E-state index is 14.8. The summed E-state index contributed by atoms with van der Waals surface area (Å²) in [7, 11) is 0. The number of carbonyl (C=O) groups excluding carboxylic acids is 1. The summed E-state index contributed by atoms with van der Waals surface area (Å²) in [6.45, 7) is 3.81. The van der Waals surface area contributed by atoms with Crippen LogP contribution in [0.5, 0.6) is 0 Å². The van der Waals surface area contributed by atoms with Crippen molar-refractivity contribution in [1.82, 2.24) is 9.97 Å². The average molecular weight is 406 g/mol. The summed E-state index contributed by atoms with van der Waals surface area (Å²) >= 11 is 0. The Morgan fingerprint density at radius 3 is 2.62 bits per heavy atom. The lowest BCUT2D eigenvalue weighted by molar-refractivity contribution is -0.0350. The maximum absolute atomic E-state index is 14.8. The number of hydrogen-bond donors (Lipinski definition) is 4. The molecule has 1 heterocycles. The maximum Gasteiger partial charge on any atom is 0.254 e. The molecule has 4 saturated carbocycles. The lowest BCUT2D eigenvalue weighted by Crippen LogP contribution is -2.56. The van der Waals surface area contributed by atoms with Crippen LogP contribution < -0.4 is 16.4 Å². The van der Waals surface area contributed by atoms with E-state index in [1.54, 1.807) is 0 Å². The molecule has 1 unspecified atom stereocenters. The Hall–Kier alpha value is -1.96. The first-order valence-electron chi connectivity index (χ1n) is 10.7. The fraction of sp³-hybridized carbons (Fsp3) is 0.762. The molecule has 29 heavy (non-hydrogen) atoms. The van der Waals surface area contributed by atoms with E-state index in [4.69, 9.17) is 5.73 Å². The minimum Gasteiger partial charge on any atom is -0.390 e. The van der Waals surface area contributed by atoms with Gasteiger partial charge in [0, 0.05) is 17.8 Å². The van der Waals surface area contributed by atoms with Crippen LogP contribution in [0.2, 0.25) is 0 Å². The monoisotopic (exact) mass is 405 g/mol. The summed E-state index contributed by atoms with van der Waals surface area (Å²) in [5.41, 5.74) is 3.80. The molecule has 0 aliphatic heterocycles. The highest BCUT2D eigenvalue weighted by Crippen LogP contribution is 2.53. The van der Waals surface area contributed by atoms with Gasteiger partial charge in [-0.2, -0.15) is 4.98 Å². The molecule has 5 N–H and O–H groups in total. The van der Waals surface area contributed by atoms with Gasteiger partial charge in [-0.05, 0) is 70.6 Å². The summed E-state index contributed by atoms with van der Waals surface area (Å²) in [4.78, 5) is 20.8. The van der Waals surface area contributed by atoms with Gasteiger partial charge in [-0.3, -0.25) is 4.79 Å². The van der Waals surface area contributed by atoms with Crippen LogP contribution in [0, 0.1) is 5.92 Å². The number of nitrogens with zero attached hydrogens (tertiary/aromatic N) is 2. The van der Waals surface area contributed by atoms with E-state index < -0.39 is 17.2 Å². The number of alkyl halides is 1. The van der Waals surface area contributed by atoms with Gasteiger partial charge in [-0.15, -0.1) is 0 Å². The fourth-order valence-corrected chi connectivity index (χ4v) is 5.54. The molecule has 0 aromatic carbocycles. The topological polar surface area (TPSA) is 113 Å². The van der Waals surface area contributed by atoms with Crippen molar-refractivity contribution in [2.24, 2.45) is 11.7 Å². The Labute approximate surface area is 171 Å². The fourth-order valence-electron chi connectivity index (χ4n) is 5.54. The second-order valence-electron chi connectivity index (χ2n) is 9.80. The van der Waals surface area contributed by atoms with Gasteiger partial charge in [0.05, 0.1) is 11.2 Å². The molecule has 4 aliphatic carbocycles. The molecule has 0 saturated heterocycles. The Morgan fingerprint density at radius 1 is 1.28 bits per heavy atom. The van der Waals surface area contributed by atoms with Crippen LogP contribution in [0.3, 0.4) is 0 Å². The quantitative estimate of drug-likeness (QED) is 0.598. The predicted molar refractivity (Wildman–Crippen MR) is 109 cm³/mol. The molecule has 0 spiro atoms. The molecule has 1 amide bonds. The third-order valence-electron chi connectivity index (χ3n) is 7.34. The highest BCUT2D eigenvalue weighted by atomic mass is 19.1. The Bertz CT molecular complexity index is 791. The van der Waals surface area contributed by atoms with E-state index in [9.17, 15) is 14.3 Å². The molecule has 1 aromatic rings. The highest BCUT2D eigenvalue weighted by molar-refractivity contribution is 5.97. The molecular formula is C21H32FN5O2. The van der Waals surface area contributed by atoms with Crippen molar-refractivity contribution >= 4 is 17.7 Å². The minimum absolute atomic E-state index is 0.00413. The normalized spacial score (nSPS) is 39.2. The van der Waals surface area contributed by atoms with E-state index in [1.165, 1.54) is 6.20 Å². The van der Waals surface area contributed by atoms with Crippen molar-refractivity contribution in [2.45, 2.75) is 94.5 Å². The average Bonchev–Trinajstić information content (AvgIpc) is 2.63. The predicted octanol–water partition coefficient (Wildman–Crippen LogP) is 3.15.